The Hall–Kier alpha value is -0.380. The van der Waals surface area contributed by atoms with Crippen LogP contribution in [-0.2, 0) is 5.41 Å². The Balaban J connectivity index is 0.00000169. The van der Waals surface area contributed by atoms with Crippen LogP contribution in [0.1, 0.15) is 36.8 Å². The molecule has 0 N–H and O–H groups in total. The van der Waals surface area contributed by atoms with Crippen LogP contribution in [0.4, 0.5) is 0 Å². The Morgan fingerprint density at radius 3 is 2.21 bits per heavy atom. The van der Waals surface area contributed by atoms with Crippen LogP contribution in [0.2, 0.25) is 0 Å². The third-order valence-electron chi connectivity index (χ3n) is 1.84. The summed E-state index contributed by atoms with van der Waals surface area (Å²) in [6.45, 7) is 6.13. The Morgan fingerprint density at radius 2 is 1.93 bits per heavy atom. The van der Waals surface area contributed by atoms with Crippen LogP contribution >= 0.6 is 0 Å². The van der Waals surface area contributed by atoms with Crippen LogP contribution in [0.3, 0.4) is 0 Å². The summed E-state index contributed by atoms with van der Waals surface area (Å²) in [6, 6.07) is 3.23. The number of carboxylic acids is 1. The number of carboxylic acid groups (broad SMARTS) is 1. The van der Waals surface area contributed by atoms with Gasteiger partial charge < -0.3 is 9.90 Å². The fraction of sp³-hybridized carbons (Fsp3) is 0.400. The minimum absolute atomic E-state index is 0. The van der Waals surface area contributed by atoms with E-state index in [4.69, 9.17) is 0 Å². The molecule has 0 aromatic carbocycles. The molecule has 1 aromatic rings. The molecule has 1 aromatic heterocycles. The van der Waals surface area contributed by atoms with Crippen molar-refractivity contribution in [1.29, 1.82) is 0 Å². The molecule has 0 fully saturated rings. The van der Waals surface area contributed by atoms with Gasteiger partial charge in [0.15, 0.2) is 0 Å². The van der Waals surface area contributed by atoms with Crippen molar-refractivity contribution in [2.24, 2.45) is 0 Å². The molecule has 4 heteroatoms. The molecule has 0 aliphatic carbocycles. The maximum absolute atomic E-state index is 10.4. The van der Waals surface area contributed by atoms with Crippen molar-refractivity contribution < 1.29 is 39.5 Å². The summed E-state index contributed by atoms with van der Waals surface area (Å²) in [7, 11) is 0. The van der Waals surface area contributed by atoms with E-state index in [9.17, 15) is 9.90 Å². The van der Waals surface area contributed by atoms with E-state index in [1.54, 1.807) is 12.3 Å². The van der Waals surface area contributed by atoms with Crippen molar-refractivity contribution in [3.8, 4) is 0 Å². The van der Waals surface area contributed by atoms with Crippen molar-refractivity contribution in [3.63, 3.8) is 0 Å². The summed E-state index contributed by atoms with van der Waals surface area (Å²) in [5.41, 5.74) is 0.989. The minimum Gasteiger partial charge on any atom is -0.543 e. The van der Waals surface area contributed by atoms with Crippen molar-refractivity contribution in [2.75, 3.05) is 0 Å². The normalized spacial score (nSPS) is 10.5. The summed E-state index contributed by atoms with van der Waals surface area (Å²) >= 11 is 0. The van der Waals surface area contributed by atoms with Crippen LogP contribution in [0.5, 0.6) is 0 Å². The van der Waals surface area contributed by atoms with Gasteiger partial charge in [0.25, 0.3) is 0 Å². The molecule has 0 aliphatic rings. The van der Waals surface area contributed by atoms with Crippen LogP contribution in [0, 0.1) is 0 Å². The number of hydrogen-bond donors (Lipinski definition) is 0. The maximum atomic E-state index is 10.4. The molecule has 0 bridgehead atoms. The molecule has 0 spiro atoms. The average molecular weight is 201 g/mol. The van der Waals surface area contributed by atoms with E-state index in [1.165, 1.54) is 6.07 Å². The van der Waals surface area contributed by atoms with E-state index in [0.29, 0.717) is 0 Å². The van der Waals surface area contributed by atoms with E-state index in [-0.39, 0.29) is 40.7 Å². The van der Waals surface area contributed by atoms with Gasteiger partial charge in [0.2, 0.25) is 0 Å². The van der Waals surface area contributed by atoms with Crippen molar-refractivity contribution in [1.82, 2.24) is 4.98 Å². The van der Waals surface area contributed by atoms with E-state index in [1.807, 2.05) is 20.8 Å². The number of aromatic carboxylic acids is 1. The van der Waals surface area contributed by atoms with Gasteiger partial charge in [-0.25, -0.2) is 0 Å². The minimum atomic E-state index is -1.24. The van der Waals surface area contributed by atoms with Gasteiger partial charge in [-0.1, -0.05) is 26.8 Å². The fourth-order valence-electron chi connectivity index (χ4n) is 0.958. The topological polar surface area (TPSA) is 53.0 Å². The number of pyridine rings is 1. The van der Waals surface area contributed by atoms with E-state index in [0.717, 1.165) is 5.56 Å². The molecule has 3 nitrogen and oxygen atoms in total. The molecule has 70 valence electrons. The number of hydrogen-bond acceptors (Lipinski definition) is 3. The molecule has 0 aliphatic heterocycles. The van der Waals surface area contributed by atoms with Gasteiger partial charge in [-0.05, 0) is 17.0 Å². The van der Waals surface area contributed by atoms with Crippen molar-refractivity contribution >= 4 is 5.97 Å². The summed E-state index contributed by atoms with van der Waals surface area (Å²) < 4.78 is 0. The second kappa shape index (κ2) is 4.91. The van der Waals surface area contributed by atoms with Gasteiger partial charge in [-0.3, -0.25) is 4.98 Å². The van der Waals surface area contributed by atoms with Crippen molar-refractivity contribution in [3.05, 3.63) is 29.6 Å². The van der Waals surface area contributed by atoms with Gasteiger partial charge in [-0.2, -0.15) is 0 Å². The van der Waals surface area contributed by atoms with Crippen LogP contribution in [0.25, 0.3) is 0 Å². The third-order valence-corrected chi connectivity index (χ3v) is 1.84. The summed E-state index contributed by atoms with van der Waals surface area (Å²) in [5, 5.41) is 10.4. The predicted molar refractivity (Wildman–Crippen MR) is 47.3 cm³/mol. The summed E-state index contributed by atoms with van der Waals surface area (Å²) in [4.78, 5) is 14.2. The largest absolute Gasteiger partial charge is 1.00 e. The van der Waals surface area contributed by atoms with Gasteiger partial charge in [0.05, 0.1) is 11.7 Å². The first-order chi connectivity index (χ1) is 5.91. The zero-order valence-corrected chi connectivity index (χ0v) is 11.0. The Kier molecular flexibility index (Phi) is 4.78. The Morgan fingerprint density at radius 1 is 1.36 bits per heavy atom. The van der Waals surface area contributed by atoms with Crippen LogP contribution in [-0.4, -0.2) is 11.0 Å². The Bertz CT molecular complexity index is 314. The molecular weight excluding hydrogens is 189 g/mol. The molecule has 0 saturated carbocycles. The molecule has 0 atom stereocenters. The fourth-order valence-corrected chi connectivity index (χ4v) is 0.958. The molecule has 1 heterocycles. The first-order valence-electron chi connectivity index (χ1n) is 4.09. The Labute approximate surface area is 106 Å². The standard InChI is InChI=1S/C10H13NO2.Na/c1-10(2,3)7-4-5-8(9(12)13)11-6-7;/h4-6H,1-3H3,(H,12,13);/q;+1/p-1. The van der Waals surface area contributed by atoms with Gasteiger partial charge in [-0.15, -0.1) is 0 Å². The number of nitrogens with zero attached hydrogens (tertiary/aromatic N) is 1. The van der Waals surface area contributed by atoms with Gasteiger partial charge >= 0.3 is 29.6 Å². The number of aromatic nitrogens is 1. The SMILES string of the molecule is CC(C)(C)c1ccc(C(=O)[O-])nc1.[Na+]. The summed E-state index contributed by atoms with van der Waals surface area (Å²) in [5.74, 6) is -1.24. The molecule has 0 amide bonds. The van der Waals surface area contributed by atoms with Crippen molar-refractivity contribution in [2.45, 2.75) is 26.2 Å². The zero-order chi connectivity index (χ0) is 10.1. The van der Waals surface area contributed by atoms with E-state index < -0.39 is 5.97 Å². The molecule has 0 radical (unpaired) electrons. The van der Waals surface area contributed by atoms with E-state index >= 15 is 0 Å². The third kappa shape index (κ3) is 3.40. The monoisotopic (exact) mass is 201 g/mol. The van der Waals surface area contributed by atoms with E-state index in [2.05, 4.69) is 4.98 Å². The molecular formula is C10H12NNaO2. The zero-order valence-electron chi connectivity index (χ0n) is 9.00. The number of carbonyl (C=O) groups excluding carboxylic acids is 1. The molecule has 0 unspecified atom stereocenters. The first kappa shape index (κ1) is 13.6. The van der Waals surface area contributed by atoms with Gasteiger partial charge in [0, 0.05) is 6.20 Å². The molecule has 1 rings (SSSR count). The smallest absolute Gasteiger partial charge is 0.543 e. The van der Waals surface area contributed by atoms with Crippen LogP contribution < -0.4 is 34.7 Å². The summed E-state index contributed by atoms with van der Waals surface area (Å²) in [6.07, 6.45) is 1.57. The maximum Gasteiger partial charge on any atom is 1.00 e. The van der Waals surface area contributed by atoms with Gasteiger partial charge in [0.1, 0.15) is 0 Å². The molecule has 0 saturated heterocycles. The molecule has 14 heavy (non-hydrogen) atoms. The number of carbonyl (C=O) groups is 1. The quantitative estimate of drug-likeness (QED) is 0.482. The van der Waals surface area contributed by atoms with Crippen LogP contribution in [0.15, 0.2) is 18.3 Å². The first-order valence-corrected chi connectivity index (χ1v) is 4.09. The second-order valence-electron chi connectivity index (χ2n) is 3.97. The number of rotatable bonds is 1. The average Bonchev–Trinajstić information content (AvgIpc) is 2.03. The predicted octanol–water partition coefficient (Wildman–Crippen LogP) is -2.25. The second-order valence-corrected chi connectivity index (χ2v) is 3.97.